The van der Waals surface area contributed by atoms with Crippen LogP contribution in [0.2, 0.25) is 0 Å². The number of likely N-dealkylation sites (tertiary alicyclic amines) is 1. The van der Waals surface area contributed by atoms with Gasteiger partial charge in [-0.05, 0) is 44.0 Å². The zero-order chi connectivity index (χ0) is 15.7. The molecule has 1 aromatic carbocycles. The van der Waals surface area contributed by atoms with E-state index >= 15 is 0 Å². The molecular formula is C17H22FN3O. The van der Waals surface area contributed by atoms with Crippen LogP contribution in [0.5, 0.6) is 0 Å². The van der Waals surface area contributed by atoms with Crippen molar-refractivity contribution in [3.05, 3.63) is 53.6 Å². The van der Waals surface area contributed by atoms with Gasteiger partial charge in [-0.25, -0.2) is 4.39 Å². The number of halogens is 1. The molecule has 118 valence electrons. The lowest BCUT2D eigenvalue weighted by atomic mass is 10.0. The monoisotopic (exact) mass is 303 g/mol. The number of aliphatic hydroxyl groups is 1. The van der Waals surface area contributed by atoms with Crippen LogP contribution in [0.3, 0.4) is 0 Å². The molecule has 22 heavy (non-hydrogen) atoms. The lowest BCUT2D eigenvalue weighted by Gasteiger charge is -2.25. The average molecular weight is 303 g/mol. The van der Waals surface area contributed by atoms with Gasteiger partial charge < -0.3 is 5.11 Å². The Morgan fingerprint density at radius 2 is 2.00 bits per heavy atom. The van der Waals surface area contributed by atoms with Crippen LogP contribution in [0.4, 0.5) is 4.39 Å². The van der Waals surface area contributed by atoms with E-state index in [9.17, 15) is 9.50 Å². The van der Waals surface area contributed by atoms with Crippen molar-refractivity contribution in [3.8, 4) is 0 Å². The van der Waals surface area contributed by atoms with Gasteiger partial charge in [-0.1, -0.05) is 12.1 Å². The van der Waals surface area contributed by atoms with Gasteiger partial charge in [0.1, 0.15) is 5.82 Å². The van der Waals surface area contributed by atoms with Crippen LogP contribution < -0.4 is 0 Å². The van der Waals surface area contributed by atoms with Crippen molar-refractivity contribution in [1.29, 1.82) is 0 Å². The van der Waals surface area contributed by atoms with Crippen molar-refractivity contribution in [1.82, 2.24) is 14.7 Å². The van der Waals surface area contributed by atoms with Crippen molar-refractivity contribution in [2.24, 2.45) is 0 Å². The average Bonchev–Trinajstić information content (AvgIpc) is 3.07. The molecule has 1 N–H and O–H groups in total. The summed E-state index contributed by atoms with van der Waals surface area (Å²) in [6.45, 7) is 5.57. The highest BCUT2D eigenvalue weighted by Crippen LogP contribution is 2.33. The Hall–Kier alpha value is -1.72. The van der Waals surface area contributed by atoms with E-state index < -0.39 is 0 Å². The van der Waals surface area contributed by atoms with E-state index in [2.05, 4.69) is 23.8 Å². The maximum absolute atomic E-state index is 13.1. The van der Waals surface area contributed by atoms with Gasteiger partial charge in [-0.2, -0.15) is 5.10 Å². The first kappa shape index (κ1) is 15.2. The molecule has 0 spiro atoms. The van der Waals surface area contributed by atoms with Crippen LogP contribution in [0, 0.1) is 5.82 Å². The molecule has 1 saturated heterocycles. The third-order valence-electron chi connectivity index (χ3n) is 4.24. The Morgan fingerprint density at radius 3 is 2.68 bits per heavy atom. The van der Waals surface area contributed by atoms with E-state index in [0.29, 0.717) is 19.0 Å². The zero-order valence-electron chi connectivity index (χ0n) is 13.0. The summed E-state index contributed by atoms with van der Waals surface area (Å²) >= 11 is 0. The molecule has 1 aromatic heterocycles. The minimum Gasteiger partial charge on any atom is -0.392 e. The number of β-amino-alcohol motifs (C(OH)–C–C–N with tert-alkyl or cyclic N) is 1. The minimum atomic E-state index is -0.342. The number of aliphatic hydroxyl groups excluding tert-OH is 1. The molecule has 3 rings (SSSR count). The van der Waals surface area contributed by atoms with Gasteiger partial charge in [0.2, 0.25) is 0 Å². The molecule has 1 aliphatic heterocycles. The molecule has 2 aromatic rings. The van der Waals surface area contributed by atoms with Crippen LogP contribution in [0.1, 0.15) is 43.6 Å². The molecule has 0 unspecified atom stereocenters. The van der Waals surface area contributed by atoms with Crippen molar-refractivity contribution in [3.63, 3.8) is 0 Å². The molecule has 5 heteroatoms. The van der Waals surface area contributed by atoms with Crippen LogP contribution in [0.15, 0.2) is 36.5 Å². The summed E-state index contributed by atoms with van der Waals surface area (Å²) in [6.07, 6.45) is 2.15. The van der Waals surface area contributed by atoms with E-state index in [-0.39, 0.29) is 18.0 Å². The lowest BCUT2D eigenvalue weighted by Crippen LogP contribution is -2.26. The van der Waals surface area contributed by atoms with Gasteiger partial charge in [0.25, 0.3) is 0 Å². The smallest absolute Gasteiger partial charge is 0.123 e. The normalized spacial score (nSPS) is 22.6. The third kappa shape index (κ3) is 3.05. The number of hydrogen-bond acceptors (Lipinski definition) is 3. The maximum Gasteiger partial charge on any atom is 0.123 e. The number of benzene rings is 1. The van der Waals surface area contributed by atoms with E-state index in [1.807, 2.05) is 29.1 Å². The van der Waals surface area contributed by atoms with Gasteiger partial charge >= 0.3 is 0 Å². The van der Waals surface area contributed by atoms with Gasteiger partial charge in [0, 0.05) is 31.4 Å². The number of hydrogen-bond donors (Lipinski definition) is 1. The van der Waals surface area contributed by atoms with Crippen LogP contribution in [-0.2, 0) is 6.54 Å². The molecule has 0 amide bonds. The fourth-order valence-corrected chi connectivity index (χ4v) is 3.23. The molecule has 1 aliphatic rings. The molecule has 2 heterocycles. The molecule has 2 atom stereocenters. The van der Waals surface area contributed by atoms with Crippen molar-refractivity contribution in [2.45, 2.75) is 45.0 Å². The first-order valence-electron chi connectivity index (χ1n) is 7.74. The summed E-state index contributed by atoms with van der Waals surface area (Å²) in [5, 5.41) is 14.4. The summed E-state index contributed by atoms with van der Waals surface area (Å²) in [5.41, 5.74) is 2.18. The summed E-state index contributed by atoms with van der Waals surface area (Å²) < 4.78 is 15.1. The van der Waals surface area contributed by atoms with Crippen molar-refractivity contribution < 1.29 is 9.50 Å². The summed E-state index contributed by atoms with van der Waals surface area (Å²) in [4.78, 5) is 2.24. The maximum atomic E-state index is 13.1. The minimum absolute atomic E-state index is 0.117. The van der Waals surface area contributed by atoms with Gasteiger partial charge in [-0.15, -0.1) is 0 Å². The fraction of sp³-hybridized carbons (Fsp3) is 0.471. The molecule has 1 fully saturated rings. The molecule has 0 bridgehead atoms. The Labute approximate surface area is 130 Å². The molecule has 4 nitrogen and oxygen atoms in total. The van der Waals surface area contributed by atoms with Gasteiger partial charge in [-0.3, -0.25) is 9.58 Å². The second kappa shape index (κ2) is 6.18. The Morgan fingerprint density at radius 1 is 1.27 bits per heavy atom. The molecule has 0 aliphatic carbocycles. The van der Waals surface area contributed by atoms with Gasteiger partial charge in [0.05, 0.1) is 11.8 Å². The highest BCUT2D eigenvalue weighted by atomic mass is 19.1. The van der Waals surface area contributed by atoms with Crippen LogP contribution >= 0.6 is 0 Å². The topological polar surface area (TPSA) is 41.3 Å². The predicted octanol–water partition coefficient (Wildman–Crippen LogP) is 2.91. The largest absolute Gasteiger partial charge is 0.392 e. The highest BCUT2D eigenvalue weighted by Gasteiger charge is 2.32. The Bertz CT molecular complexity index is 623. The second-order valence-corrected chi connectivity index (χ2v) is 6.25. The van der Waals surface area contributed by atoms with E-state index in [0.717, 1.165) is 17.8 Å². The SMILES string of the molecule is CC(C)n1nccc1CN1C[C@H](O)C[C@H]1c1ccc(F)cc1. The van der Waals surface area contributed by atoms with E-state index in [1.54, 1.807) is 0 Å². The number of aromatic nitrogens is 2. The van der Waals surface area contributed by atoms with E-state index in [1.165, 1.54) is 12.1 Å². The zero-order valence-corrected chi connectivity index (χ0v) is 13.0. The lowest BCUT2D eigenvalue weighted by molar-refractivity contribution is 0.171. The van der Waals surface area contributed by atoms with Crippen molar-refractivity contribution in [2.75, 3.05) is 6.54 Å². The summed E-state index contributed by atoms with van der Waals surface area (Å²) in [7, 11) is 0. The predicted molar refractivity (Wildman–Crippen MR) is 82.8 cm³/mol. The first-order valence-corrected chi connectivity index (χ1v) is 7.74. The number of rotatable bonds is 4. The molecule has 0 saturated carbocycles. The van der Waals surface area contributed by atoms with Crippen molar-refractivity contribution >= 4 is 0 Å². The van der Waals surface area contributed by atoms with Crippen LogP contribution in [0.25, 0.3) is 0 Å². The second-order valence-electron chi connectivity index (χ2n) is 6.25. The van der Waals surface area contributed by atoms with Crippen LogP contribution in [-0.4, -0.2) is 32.4 Å². The molecule has 0 radical (unpaired) electrons. The molecular weight excluding hydrogens is 281 g/mol. The van der Waals surface area contributed by atoms with E-state index in [4.69, 9.17) is 0 Å². The standard InChI is InChI=1S/C17H22FN3O/c1-12(2)21-15(7-8-19-21)10-20-11-16(22)9-17(20)13-3-5-14(18)6-4-13/h3-8,12,16-17,22H,9-11H2,1-2H3/t16-,17+/m1/s1. The Kier molecular flexibility index (Phi) is 4.27. The first-order chi connectivity index (χ1) is 10.5. The third-order valence-corrected chi connectivity index (χ3v) is 4.24. The highest BCUT2D eigenvalue weighted by molar-refractivity contribution is 5.22. The Balaban J connectivity index is 1.81. The fourth-order valence-electron chi connectivity index (χ4n) is 3.23. The summed E-state index contributed by atoms with van der Waals surface area (Å²) in [5.74, 6) is -0.230. The summed E-state index contributed by atoms with van der Waals surface area (Å²) in [6, 6.07) is 9.03. The van der Waals surface area contributed by atoms with Gasteiger partial charge in [0.15, 0.2) is 0 Å². The quantitative estimate of drug-likeness (QED) is 0.944. The number of nitrogens with zero attached hydrogens (tertiary/aromatic N) is 3.